The monoisotopic (exact) mass is 439 g/mol. The first kappa shape index (κ1) is 21.1. The zero-order valence-corrected chi connectivity index (χ0v) is 18.1. The molecule has 0 radical (unpaired) electrons. The molecule has 2 heterocycles. The van der Waals surface area contributed by atoms with Gasteiger partial charge >= 0.3 is 0 Å². The van der Waals surface area contributed by atoms with E-state index in [0.29, 0.717) is 34.9 Å². The van der Waals surface area contributed by atoms with E-state index >= 15 is 0 Å². The second-order valence-electron chi connectivity index (χ2n) is 7.40. The Morgan fingerprint density at radius 2 is 2.03 bits per heavy atom. The third-order valence-electron chi connectivity index (χ3n) is 5.15. The minimum Gasteiger partial charge on any atom is -0.496 e. The number of halogens is 1. The molecule has 1 amide bonds. The fraction of sp³-hybridized carbons (Fsp3) is 0.250. The van der Waals surface area contributed by atoms with Crippen LogP contribution in [0.2, 0.25) is 0 Å². The number of ketones is 1. The standard InChI is InChI=1S/C24H22FNO4S/c1-14(27)21-7-8-22(31-21)19-12-17(25)9-16-10-18(30-24(16)19)13-26-23(28)11-15-5-3-4-6-20(15)29-2/h3-9,12,18H,10-11,13H2,1-2H3,(H,26,28). The number of nitrogens with one attached hydrogen (secondary N) is 1. The van der Waals surface area contributed by atoms with Gasteiger partial charge in [-0.1, -0.05) is 18.2 Å². The molecule has 0 fully saturated rings. The first-order valence-corrected chi connectivity index (χ1v) is 10.7. The lowest BCUT2D eigenvalue weighted by molar-refractivity contribution is -0.120. The Kier molecular flexibility index (Phi) is 6.04. The van der Waals surface area contributed by atoms with Crippen molar-refractivity contribution in [2.45, 2.75) is 25.9 Å². The Bertz CT molecular complexity index is 1140. The van der Waals surface area contributed by atoms with Gasteiger partial charge in [-0.2, -0.15) is 0 Å². The van der Waals surface area contributed by atoms with Crippen molar-refractivity contribution < 1.29 is 23.5 Å². The van der Waals surface area contributed by atoms with Crippen LogP contribution < -0.4 is 14.8 Å². The van der Waals surface area contributed by atoms with Gasteiger partial charge in [-0.05, 0) is 37.3 Å². The molecule has 0 spiro atoms. The summed E-state index contributed by atoms with van der Waals surface area (Å²) in [6, 6.07) is 13.8. The molecule has 4 rings (SSSR count). The first-order valence-electron chi connectivity index (χ1n) is 9.93. The molecule has 7 heteroatoms. The third-order valence-corrected chi connectivity index (χ3v) is 6.37. The molecule has 1 aliphatic rings. The van der Waals surface area contributed by atoms with Crippen LogP contribution in [0.15, 0.2) is 48.5 Å². The van der Waals surface area contributed by atoms with Gasteiger partial charge in [-0.15, -0.1) is 11.3 Å². The summed E-state index contributed by atoms with van der Waals surface area (Å²) < 4.78 is 25.6. The summed E-state index contributed by atoms with van der Waals surface area (Å²) in [6.45, 7) is 1.82. The van der Waals surface area contributed by atoms with E-state index in [-0.39, 0.29) is 30.0 Å². The van der Waals surface area contributed by atoms with E-state index in [4.69, 9.17) is 9.47 Å². The molecule has 0 saturated heterocycles. The van der Waals surface area contributed by atoms with Gasteiger partial charge in [0, 0.05) is 28.0 Å². The predicted octanol–water partition coefficient (Wildman–Crippen LogP) is 4.43. The van der Waals surface area contributed by atoms with E-state index in [1.165, 1.54) is 30.4 Å². The first-order chi connectivity index (χ1) is 14.9. The molecule has 3 aromatic rings. The van der Waals surface area contributed by atoms with Crippen molar-refractivity contribution in [1.29, 1.82) is 0 Å². The third kappa shape index (κ3) is 4.61. The molecule has 0 saturated carbocycles. The highest BCUT2D eigenvalue weighted by Gasteiger charge is 2.28. The van der Waals surface area contributed by atoms with Crippen molar-refractivity contribution in [2.75, 3.05) is 13.7 Å². The molecular weight excluding hydrogens is 417 g/mol. The predicted molar refractivity (Wildman–Crippen MR) is 118 cm³/mol. The van der Waals surface area contributed by atoms with Crippen LogP contribution in [0.5, 0.6) is 11.5 Å². The maximum Gasteiger partial charge on any atom is 0.224 e. The quantitative estimate of drug-likeness (QED) is 0.554. The summed E-state index contributed by atoms with van der Waals surface area (Å²) in [5.41, 5.74) is 2.20. The molecule has 1 aliphatic heterocycles. The maximum absolute atomic E-state index is 14.2. The number of amides is 1. The molecule has 0 bridgehead atoms. The van der Waals surface area contributed by atoms with Crippen LogP contribution in [0, 0.1) is 5.82 Å². The lowest BCUT2D eigenvalue weighted by atomic mass is 10.0. The number of carbonyl (C=O) groups is 2. The van der Waals surface area contributed by atoms with Gasteiger partial charge in [0.25, 0.3) is 0 Å². The average molecular weight is 440 g/mol. The molecular formula is C24H22FNO4S. The van der Waals surface area contributed by atoms with Crippen LogP contribution in [0.1, 0.15) is 27.7 Å². The minimum absolute atomic E-state index is 0.0270. The van der Waals surface area contributed by atoms with Crippen LogP contribution >= 0.6 is 11.3 Å². The number of hydrogen-bond donors (Lipinski definition) is 1. The molecule has 5 nitrogen and oxygen atoms in total. The lowest BCUT2D eigenvalue weighted by Crippen LogP contribution is -2.35. The van der Waals surface area contributed by atoms with E-state index in [1.807, 2.05) is 30.3 Å². The van der Waals surface area contributed by atoms with Crippen LogP contribution in [0.3, 0.4) is 0 Å². The summed E-state index contributed by atoms with van der Waals surface area (Å²) in [4.78, 5) is 25.4. The number of para-hydroxylation sites is 1. The number of rotatable bonds is 7. The maximum atomic E-state index is 14.2. The van der Waals surface area contributed by atoms with E-state index in [0.717, 1.165) is 16.0 Å². The molecule has 1 aromatic heterocycles. The molecule has 0 aliphatic carbocycles. The van der Waals surface area contributed by atoms with E-state index in [2.05, 4.69) is 5.32 Å². The smallest absolute Gasteiger partial charge is 0.224 e. The van der Waals surface area contributed by atoms with Crippen LogP contribution in [0.4, 0.5) is 4.39 Å². The van der Waals surface area contributed by atoms with Gasteiger partial charge in [0.05, 0.1) is 25.0 Å². The Hall–Kier alpha value is -3.19. The summed E-state index contributed by atoms with van der Waals surface area (Å²) in [5.74, 6) is 0.766. The average Bonchev–Trinajstić information content (AvgIpc) is 3.39. The molecule has 1 unspecified atom stereocenters. The van der Waals surface area contributed by atoms with Crippen molar-refractivity contribution in [1.82, 2.24) is 5.32 Å². The fourth-order valence-corrected chi connectivity index (χ4v) is 4.59. The number of methoxy groups -OCH3 is 1. The number of fused-ring (bicyclic) bond motifs is 1. The second kappa shape index (κ2) is 8.89. The number of Topliss-reactive ketones (excluding diaryl/α,β-unsaturated/α-hetero) is 1. The van der Waals surface area contributed by atoms with E-state index in [1.54, 1.807) is 13.2 Å². The minimum atomic E-state index is -0.351. The molecule has 31 heavy (non-hydrogen) atoms. The Morgan fingerprint density at radius 1 is 1.23 bits per heavy atom. The van der Waals surface area contributed by atoms with Gasteiger partial charge in [0.2, 0.25) is 5.91 Å². The van der Waals surface area contributed by atoms with Crippen molar-refractivity contribution in [3.05, 3.63) is 70.4 Å². The summed E-state index contributed by atoms with van der Waals surface area (Å²) in [5, 5.41) is 2.90. The SMILES string of the molecule is COc1ccccc1CC(=O)NCC1Cc2cc(F)cc(-c3ccc(C(C)=O)s3)c2O1. The Balaban J connectivity index is 1.44. The van der Waals surface area contributed by atoms with E-state index < -0.39 is 0 Å². The van der Waals surface area contributed by atoms with Crippen molar-refractivity contribution in [2.24, 2.45) is 0 Å². The van der Waals surface area contributed by atoms with Crippen LogP contribution in [-0.2, 0) is 17.6 Å². The van der Waals surface area contributed by atoms with E-state index in [9.17, 15) is 14.0 Å². The Labute approximate surface area is 183 Å². The van der Waals surface area contributed by atoms with Crippen molar-refractivity contribution >= 4 is 23.0 Å². The zero-order chi connectivity index (χ0) is 22.0. The number of carbonyl (C=O) groups excluding carboxylic acids is 2. The molecule has 1 N–H and O–H groups in total. The zero-order valence-electron chi connectivity index (χ0n) is 17.2. The fourth-order valence-electron chi connectivity index (χ4n) is 3.68. The van der Waals surface area contributed by atoms with Crippen LogP contribution in [0.25, 0.3) is 10.4 Å². The molecule has 1 atom stereocenters. The highest BCUT2D eigenvalue weighted by Crippen LogP contribution is 2.42. The normalized spacial score (nSPS) is 14.6. The van der Waals surface area contributed by atoms with Gasteiger partial charge in [-0.25, -0.2) is 4.39 Å². The number of thiophene rings is 1. The number of ether oxygens (including phenoxy) is 2. The lowest BCUT2D eigenvalue weighted by Gasteiger charge is -2.14. The van der Waals surface area contributed by atoms with Crippen molar-refractivity contribution in [3.63, 3.8) is 0 Å². The highest BCUT2D eigenvalue weighted by atomic mass is 32.1. The number of benzene rings is 2. The molecule has 160 valence electrons. The van der Waals surface area contributed by atoms with Gasteiger partial charge in [0.15, 0.2) is 5.78 Å². The highest BCUT2D eigenvalue weighted by molar-refractivity contribution is 7.17. The Morgan fingerprint density at radius 3 is 2.77 bits per heavy atom. The second-order valence-corrected chi connectivity index (χ2v) is 8.48. The summed E-state index contributed by atoms with van der Waals surface area (Å²) >= 11 is 1.32. The summed E-state index contributed by atoms with van der Waals surface area (Å²) in [7, 11) is 1.57. The van der Waals surface area contributed by atoms with Gasteiger partial charge < -0.3 is 14.8 Å². The van der Waals surface area contributed by atoms with Crippen molar-refractivity contribution in [3.8, 4) is 21.9 Å². The largest absolute Gasteiger partial charge is 0.496 e. The summed E-state index contributed by atoms with van der Waals surface area (Å²) in [6.07, 6.45) is 0.413. The molecule has 2 aromatic carbocycles. The topological polar surface area (TPSA) is 64.6 Å². The van der Waals surface area contributed by atoms with Gasteiger partial charge in [-0.3, -0.25) is 9.59 Å². The van der Waals surface area contributed by atoms with Crippen LogP contribution in [-0.4, -0.2) is 31.4 Å². The number of hydrogen-bond acceptors (Lipinski definition) is 5. The van der Waals surface area contributed by atoms with Gasteiger partial charge in [0.1, 0.15) is 23.4 Å².